The summed E-state index contributed by atoms with van der Waals surface area (Å²) in [6, 6.07) is 12.0. The molecule has 1 aromatic carbocycles. The van der Waals surface area contributed by atoms with Crippen LogP contribution >= 0.6 is 0 Å². The van der Waals surface area contributed by atoms with Gasteiger partial charge in [-0.25, -0.2) is 9.67 Å². The highest BCUT2D eigenvalue weighted by Gasteiger charge is 2.12. The number of benzene rings is 1. The lowest BCUT2D eigenvalue weighted by molar-refractivity contribution is -0.118. The lowest BCUT2D eigenvalue weighted by Gasteiger charge is -2.13. The fraction of sp³-hybridized carbons (Fsp3) is 0.158. The molecule has 0 aliphatic carbocycles. The number of hydrogen-bond donors (Lipinski definition) is 1. The van der Waals surface area contributed by atoms with Gasteiger partial charge in [-0.15, -0.1) is 0 Å². The van der Waals surface area contributed by atoms with Crippen molar-refractivity contribution in [2.45, 2.75) is 6.92 Å². The molecule has 0 aliphatic heterocycles. The summed E-state index contributed by atoms with van der Waals surface area (Å²) in [5, 5.41) is 15.9. The van der Waals surface area contributed by atoms with E-state index in [1.165, 1.54) is 0 Å². The molecule has 0 saturated heterocycles. The van der Waals surface area contributed by atoms with E-state index in [-0.39, 0.29) is 12.5 Å². The molecule has 1 N–H and O–H groups in total. The van der Waals surface area contributed by atoms with Gasteiger partial charge < -0.3 is 14.8 Å². The van der Waals surface area contributed by atoms with E-state index in [2.05, 4.69) is 15.4 Å². The van der Waals surface area contributed by atoms with Crippen LogP contribution in [0.5, 0.6) is 11.5 Å². The number of nitriles is 1. The van der Waals surface area contributed by atoms with Gasteiger partial charge in [0.15, 0.2) is 23.9 Å². The molecule has 1 amide bonds. The molecular formula is C19H17N5O3. The minimum absolute atomic E-state index is 0.223. The Kier molecular flexibility index (Phi) is 5.64. The number of pyridine rings is 1. The maximum atomic E-state index is 12.3. The Labute approximate surface area is 156 Å². The van der Waals surface area contributed by atoms with Gasteiger partial charge in [0, 0.05) is 24.7 Å². The number of ether oxygens (including phenoxy) is 2. The van der Waals surface area contributed by atoms with E-state index in [1.54, 1.807) is 59.7 Å². The van der Waals surface area contributed by atoms with Gasteiger partial charge in [-0.3, -0.25) is 4.79 Å². The zero-order chi connectivity index (χ0) is 19.1. The van der Waals surface area contributed by atoms with Crippen molar-refractivity contribution in [3.63, 3.8) is 0 Å². The molecular weight excluding hydrogens is 346 g/mol. The van der Waals surface area contributed by atoms with Gasteiger partial charge in [0.2, 0.25) is 0 Å². The topological polar surface area (TPSA) is 102 Å². The van der Waals surface area contributed by atoms with Crippen LogP contribution < -0.4 is 14.8 Å². The summed E-state index contributed by atoms with van der Waals surface area (Å²) in [5.41, 5.74) is 0.967. The van der Waals surface area contributed by atoms with Gasteiger partial charge in [-0.05, 0) is 37.3 Å². The van der Waals surface area contributed by atoms with Crippen LogP contribution in [0.2, 0.25) is 0 Å². The first-order valence-electron chi connectivity index (χ1n) is 8.26. The second-order valence-corrected chi connectivity index (χ2v) is 5.37. The Morgan fingerprint density at radius 1 is 1.22 bits per heavy atom. The van der Waals surface area contributed by atoms with Crippen molar-refractivity contribution in [3.05, 3.63) is 60.6 Å². The summed E-state index contributed by atoms with van der Waals surface area (Å²) in [4.78, 5) is 16.6. The summed E-state index contributed by atoms with van der Waals surface area (Å²) >= 11 is 0. The van der Waals surface area contributed by atoms with Crippen molar-refractivity contribution >= 4 is 11.6 Å². The summed E-state index contributed by atoms with van der Waals surface area (Å²) < 4.78 is 12.6. The summed E-state index contributed by atoms with van der Waals surface area (Å²) in [6.45, 7) is 2.02. The molecule has 3 rings (SSSR count). The van der Waals surface area contributed by atoms with E-state index in [9.17, 15) is 4.79 Å². The quantitative estimate of drug-likeness (QED) is 0.692. The largest absolute Gasteiger partial charge is 0.490 e. The highest BCUT2D eigenvalue weighted by molar-refractivity contribution is 5.93. The maximum absolute atomic E-state index is 12.3. The van der Waals surface area contributed by atoms with E-state index in [0.717, 1.165) is 0 Å². The van der Waals surface area contributed by atoms with Crippen LogP contribution in [0.1, 0.15) is 12.5 Å². The number of nitrogens with one attached hydrogen (secondary N) is 1. The maximum Gasteiger partial charge on any atom is 0.262 e. The molecule has 3 aromatic rings. The second kappa shape index (κ2) is 8.49. The molecule has 27 heavy (non-hydrogen) atoms. The zero-order valence-corrected chi connectivity index (χ0v) is 14.6. The molecule has 136 valence electrons. The van der Waals surface area contributed by atoms with Gasteiger partial charge >= 0.3 is 0 Å². The Hall–Kier alpha value is -3.86. The monoisotopic (exact) mass is 363 g/mol. The van der Waals surface area contributed by atoms with E-state index in [4.69, 9.17) is 14.7 Å². The van der Waals surface area contributed by atoms with Gasteiger partial charge in [-0.2, -0.15) is 10.4 Å². The highest BCUT2D eigenvalue weighted by atomic mass is 16.5. The molecule has 0 saturated carbocycles. The van der Waals surface area contributed by atoms with Crippen LogP contribution in [0.4, 0.5) is 5.69 Å². The first kappa shape index (κ1) is 17.9. The van der Waals surface area contributed by atoms with Gasteiger partial charge in [0.1, 0.15) is 0 Å². The summed E-state index contributed by atoms with van der Waals surface area (Å²) in [5.74, 6) is 0.958. The minimum atomic E-state index is -0.358. The van der Waals surface area contributed by atoms with E-state index in [0.29, 0.717) is 35.2 Å². The molecule has 0 fully saturated rings. The molecule has 0 spiro atoms. The first-order valence-corrected chi connectivity index (χ1v) is 8.26. The van der Waals surface area contributed by atoms with Gasteiger partial charge in [-0.1, -0.05) is 0 Å². The van der Waals surface area contributed by atoms with Crippen LogP contribution in [0, 0.1) is 11.3 Å². The van der Waals surface area contributed by atoms with E-state index >= 15 is 0 Å². The third kappa shape index (κ3) is 4.41. The van der Waals surface area contributed by atoms with Crippen LogP contribution in [-0.2, 0) is 4.79 Å². The number of carbonyl (C=O) groups is 1. The average Bonchev–Trinajstić information content (AvgIpc) is 3.22. The number of nitrogens with zero attached hydrogens (tertiary/aromatic N) is 4. The smallest absolute Gasteiger partial charge is 0.262 e. The summed E-state index contributed by atoms with van der Waals surface area (Å²) in [7, 11) is 0. The second-order valence-electron chi connectivity index (χ2n) is 5.37. The van der Waals surface area contributed by atoms with Gasteiger partial charge in [0.25, 0.3) is 5.91 Å². The van der Waals surface area contributed by atoms with Crippen LogP contribution in [-0.4, -0.2) is 33.9 Å². The zero-order valence-electron chi connectivity index (χ0n) is 14.6. The molecule has 0 aliphatic rings. The SMILES string of the molecule is CCOc1cc(C#N)ccc1OCC(=O)Nc1cccnc1-n1cccn1. The van der Waals surface area contributed by atoms with Crippen molar-refractivity contribution in [2.75, 3.05) is 18.5 Å². The standard InChI is InChI=1S/C19H17N5O3/c1-2-26-17-11-14(12-20)6-7-16(17)27-13-18(25)23-15-5-3-8-21-19(15)24-10-4-9-22-24/h3-11H,2,13H2,1H3,(H,23,25). The molecule has 0 bridgehead atoms. The number of rotatable bonds is 7. The highest BCUT2D eigenvalue weighted by Crippen LogP contribution is 2.28. The molecule has 8 heteroatoms. The van der Waals surface area contributed by atoms with Crippen molar-refractivity contribution in [2.24, 2.45) is 0 Å². The van der Waals surface area contributed by atoms with Crippen LogP contribution in [0.25, 0.3) is 5.82 Å². The van der Waals surface area contributed by atoms with E-state index in [1.807, 2.05) is 13.0 Å². The fourth-order valence-corrected chi connectivity index (χ4v) is 2.37. The normalized spacial score (nSPS) is 10.1. The lowest BCUT2D eigenvalue weighted by atomic mass is 10.2. The number of aromatic nitrogens is 3. The average molecular weight is 363 g/mol. The lowest BCUT2D eigenvalue weighted by Crippen LogP contribution is -2.21. The van der Waals surface area contributed by atoms with Crippen molar-refractivity contribution in [1.82, 2.24) is 14.8 Å². The predicted molar refractivity (Wildman–Crippen MR) is 97.8 cm³/mol. The summed E-state index contributed by atoms with van der Waals surface area (Å²) in [6.07, 6.45) is 4.98. The predicted octanol–water partition coefficient (Wildman–Crippen LogP) is 2.56. The number of anilines is 1. The third-order valence-electron chi connectivity index (χ3n) is 3.51. The third-order valence-corrected chi connectivity index (χ3v) is 3.51. The Morgan fingerprint density at radius 2 is 2.11 bits per heavy atom. The van der Waals surface area contributed by atoms with Crippen molar-refractivity contribution < 1.29 is 14.3 Å². The van der Waals surface area contributed by atoms with Crippen LogP contribution in [0.15, 0.2) is 55.0 Å². The Bertz CT molecular complexity index is 964. The molecule has 8 nitrogen and oxygen atoms in total. The minimum Gasteiger partial charge on any atom is -0.490 e. The number of amides is 1. The first-order chi connectivity index (χ1) is 13.2. The Morgan fingerprint density at radius 3 is 2.85 bits per heavy atom. The van der Waals surface area contributed by atoms with Gasteiger partial charge in [0.05, 0.1) is 23.9 Å². The molecule has 0 unspecified atom stereocenters. The number of hydrogen-bond acceptors (Lipinski definition) is 6. The number of carbonyl (C=O) groups excluding carboxylic acids is 1. The molecule has 2 aromatic heterocycles. The van der Waals surface area contributed by atoms with Crippen LogP contribution in [0.3, 0.4) is 0 Å². The van der Waals surface area contributed by atoms with E-state index < -0.39 is 0 Å². The van der Waals surface area contributed by atoms with Crippen molar-refractivity contribution in [1.29, 1.82) is 5.26 Å². The Balaban J connectivity index is 1.69. The fourth-order valence-electron chi connectivity index (χ4n) is 2.37. The molecule has 0 atom stereocenters. The van der Waals surface area contributed by atoms with Crippen molar-refractivity contribution in [3.8, 4) is 23.4 Å². The molecule has 2 heterocycles. The molecule has 0 radical (unpaired) electrons.